The van der Waals surface area contributed by atoms with Crippen molar-refractivity contribution in [2.45, 2.75) is 45.3 Å². The molecule has 116 valence electrons. The lowest BCUT2D eigenvalue weighted by Gasteiger charge is -2.34. The number of anilines is 1. The van der Waals surface area contributed by atoms with Crippen molar-refractivity contribution in [3.05, 3.63) is 15.8 Å². The molecule has 21 heavy (non-hydrogen) atoms. The van der Waals surface area contributed by atoms with Gasteiger partial charge in [0.2, 0.25) is 0 Å². The summed E-state index contributed by atoms with van der Waals surface area (Å²) in [5.74, 6) is 0.853. The Labute approximate surface area is 138 Å². The summed E-state index contributed by atoms with van der Waals surface area (Å²) >= 11 is 2.13. The topological polar surface area (TPSA) is 67.3 Å². The molecule has 1 aromatic heterocycles. The number of halogens is 1. The predicted molar refractivity (Wildman–Crippen MR) is 89.4 cm³/mol. The van der Waals surface area contributed by atoms with E-state index in [1.807, 2.05) is 32.9 Å². The van der Waals surface area contributed by atoms with Crippen LogP contribution in [0.5, 0.6) is 0 Å². The third-order valence-corrected chi connectivity index (χ3v) is 3.66. The standard InChI is InChI=1S/C14H21IN4O2/c1-14(2,3)21-13(20)16-10-5-4-8-19(9-10)12-7-6-11(15)17-18-12/h6-7,10H,4-5,8-9H2,1-3H3,(H,16,20). The fraction of sp³-hybridized carbons (Fsp3) is 0.643. The number of hydrogen-bond donors (Lipinski definition) is 1. The van der Waals surface area contributed by atoms with Gasteiger partial charge in [-0.25, -0.2) is 4.79 Å². The van der Waals surface area contributed by atoms with Gasteiger partial charge in [0.15, 0.2) is 5.82 Å². The van der Waals surface area contributed by atoms with Crippen LogP contribution in [0.2, 0.25) is 0 Å². The lowest BCUT2D eigenvalue weighted by Crippen LogP contribution is -2.49. The molecule has 0 radical (unpaired) electrons. The molecule has 0 saturated carbocycles. The summed E-state index contributed by atoms with van der Waals surface area (Å²) in [6.45, 7) is 7.25. The quantitative estimate of drug-likeness (QED) is 0.768. The number of hydrogen-bond acceptors (Lipinski definition) is 5. The van der Waals surface area contributed by atoms with Gasteiger partial charge in [-0.1, -0.05) is 0 Å². The SMILES string of the molecule is CC(C)(C)OC(=O)NC1CCCN(c2ccc(I)nn2)C1. The zero-order valence-corrected chi connectivity index (χ0v) is 14.8. The van der Waals surface area contributed by atoms with Gasteiger partial charge < -0.3 is 15.0 Å². The molecule has 1 aliphatic heterocycles. The number of alkyl carbamates (subject to hydrolysis) is 1. The van der Waals surface area contributed by atoms with E-state index in [1.165, 1.54) is 0 Å². The summed E-state index contributed by atoms with van der Waals surface area (Å²) in [5.41, 5.74) is -0.472. The molecule has 0 aromatic carbocycles. The van der Waals surface area contributed by atoms with Crippen molar-refractivity contribution in [3.8, 4) is 0 Å². The zero-order valence-electron chi connectivity index (χ0n) is 12.6. The second-order valence-corrected chi connectivity index (χ2v) is 7.25. The molecule has 2 rings (SSSR count). The molecule has 6 nitrogen and oxygen atoms in total. The predicted octanol–water partition coefficient (Wildman–Crippen LogP) is 2.57. The average molecular weight is 404 g/mol. The fourth-order valence-electron chi connectivity index (χ4n) is 2.25. The molecular weight excluding hydrogens is 383 g/mol. The lowest BCUT2D eigenvalue weighted by atomic mass is 10.1. The van der Waals surface area contributed by atoms with E-state index in [1.54, 1.807) is 0 Å². The number of piperidine rings is 1. The third-order valence-electron chi connectivity index (χ3n) is 3.08. The number of nitrogens with zero attached hydrogens (tertiary/aromatic N) is 3. The minimum Gasteiger partial charge on any atom is -0.444 e. The summed E-state index contributed by atoms with van der Waals surface area (Å²) in [7, 11) is 0. The molecule has 0 aliphatic carbocycles. The van der Waals surface area contributed by atoms with E-state index in [0.29, 0.717) is 0 Å². The molecule has 7 heteroatoms. The first-order chi connectivity index (χ1) is 9.83. The highest BCUT2D eigenvalue weighted by Gasteiger charge is 2.24. The largest absolute Gasteiger partial charge is 0.444 e. The van der Waals surface area contributed by atoms with E-state index in [0.717, 1.165) is 35.4 Å². The number of amides is 1. The van der Waals surface area contributed by atoms with Crippen molar-refractivity contribution >= 4 is 34.5 Å². The van der Waals surface area contributed by atoms with Gasteiger partial charge in [-0.15, -0.1) is 10.2 Å². The van der Waals surface area contributed by atoms with E-state index < -0.39 is 5.60 Å². The Hall–Kier alpha value is -1.12. The van der Waals surface area contributed by atoms with Crippen LogP contribution in [0, 0.1) is 3.70 Å². The summed E-state index contributed by atoms with van der Waals surface area (Å²) < 4.78 is 6.17. The van der Waals surface area contributed by atoms with Crippen LogP contribution in [0.3, 0.4) is 0 Å². The summed E-state index contributed by atoms with van der Waals surface area (Å²) in [6.07, 6.45) is 1.60. The van der Waals surface area contributed by atoms with Crippen LogP contribution in [0.4, 0.5) is 10.6 Å². The number of aromatic nitrogens is 2. The average Bonchev–Trinajstić information content (AvgIpc) is 2.37. The van der Waals surface area contributed by atoms with Crippen LogP contribution in [-0.2, 0) is 4.74 Å². The van der Waals surface area contributed by atoms with Gasteiger partial charge in [0, 0.05) is 19.1 Å². The second-order valence-electron chi connectivity index (χ2n) is 6.15. The molecule has 1 atom stereocenters. The Balaban J connectivity index is 1.91. The first kappa shape index (κ1) is 16.3. The first-order valence-corrected chi connectivity index (χ1v) is 8.15. The molecule has 1 aromatic rings. The summed E-state index contributed by atoms with van der Waals surface area (Å²) in [5, 5.41) is 11.2. The Bertz CT molecular complexity index is 487. The van der Waals surface area contributed by atoms with Crippen molar-refractivity contribution in [2.75, 3.05) is 18.0 Å². The second kappa shape index (κ2) is 6.76. The van der Waals surface area contributed by atoms with Crippen molar-refractivity contribution in [3.63, 3.8) is 0 Å². The number of ether oxygens (including phenoxy) is 1. The Morgan fingerprint density at radius 1 is 1.43 bits per heavy atom. The molecule has 1 unspecified atom stereocenters. The lowest BCUT2D eigenvalue weighted by molar-refractivity contribution is 0.0500. The van der Waals surface area contributed by atoms with Crippen molar-refractivity contribution < 1.29 is 9.53 Å². The Morgan fingerprint density at radius 2 is 2.19 bits per heavy atom. The van der Waals surface area contributed by atoms with E-state index in [2.05, 4.69) is 43.0 Å². The minimum atomic E-state index is -0.472. The van der Waals surface area contributed by atoms with Crippen LogP contribution < -0.4 is 10.2 Å². The van der Waals surface area contributed by atoms with Crippen molar-refractivity contribution in [2.24, 2.45) is 0 Å². The molecule has 1 saturated heterocycles. The monoisotopic (exact) mass is 404 g/mol. The van der Waals surface area contributed by atoms with Gasteiger partial charge in [0.25, 0.3) is 0 Å². The molecule has 1 N–H and O–H groups in total. The highest BCUT2D eigenvalue weighted by molar-refractivity contribution is 14.1. The number of carbonyl (C=O) groups is 1. The maximum atomic E-state index is 11.8. The molecule has 1 fully saturated rings. The van der Waals surface area contributed by atoms with Gasteiger partial charge in [0.05, 0.1) is 0 Å². The summed E-state index contributed by atoms with van der Waals surface area (Å²) in [6, 6.07) is 3.98. The maximum absolute atomic E-state index is 11.8. The van der Waals surface area contributed by atoms with Gasteiger partial charge in [-0.05, 0) is 68.3 Å². The molecule has 0 bridgehead atoms. The van der Waals surface area contributed by atoms with Crippen LogP contribution in [0.15, 0.2) is 12.1 Å². The third kappa shape index (κ3) is 5.29. The number of rotatable bonds is 2. The Morgan fingerprint density at radius 3 is 2.81 bits per heavy atom. The molecule has 1 aliphatic rings. The van der Waals surface area contributed by atoms with Crippen molar-refractivity contribution in [1.29, 1.82) is 0 Å². The fourth-order valence-corrected chi connectivity index (χ4v) is 2.54. The van der Waals surface area contributed by atoms with Crippen LogP contribution in [0.1, 0.15) is 33.6 Å². The van der Waals surface area contributed by atoms with E-state index >= 15 is 0 Å². The van der Waals surface area contributed by atoms with Crippen LogP contribution in [0.25, 0.3) is 0 Å². The first-order valence-electron chi connectivity index (χ1n) is 7.07. The van der Waals surface area contributed by atoms with Gasteiger partial charge in [-0.3, -0.25) is 0 Å². The Kier molecular flexibility index (Phi) is 5.23. The molecule has 1 amide bonds. The highest BCUT2D eigenvalue weighted by atomic mass is 127. The van der Waals surface area contributed by atoms with E-state index in [-0.39, 0.29) is 12.1 Å². The van der Waals surface area contributed by atoms with Crippen LogP contribution in [-0.4, -0.2) is 41.0 Å². The smallest absolute Gasteiger partial charge is 0.407 e. The molecule has 0 spiro atoms. The van der Waals surface area contributed by atoms with E-state index in [4.69, 9.17) is 4.74 Å². The highest BCUT2D eigenvalue weighted by Crippen LogP contribution is 2.18. The van der Waals surface area contributed by atoms with Gasteiger partial charge in [-0.2, -0.15) is 0 Å². The minimum absolute atomic E-state index is 0.0784. The molecule has 2 heterocycles. The van der Waals surface area contributed by atoms with E-state index in [9.17, 15) is 4.79 Å². The number of carbonyl (C=O) groups excluding carboxylic acids is 1. The zero-order chi connectivity index (χ0) is 15.5. The normalized spacial score (nSPS) is 19.2. The van der Waals surface area contributed by atoms with Gasteiger partial charge >= 0.3 is 6.09 Å². The molecular formula is C14H21IN4O2. The maximum Gasteiger partial charge on any atom is 0.407 e. The van der Waals surface area contributed by atoms with Crippen LogP contribution >= 0.6 is 22.6 Å². The van der Waals surface area contributed by atoms with Crippen molar-refractivity contribution in [1.82, 2.24) is 15.5 Å². The van der Waals surface area contributed by atoms with Gasteiger partial charge in [0.1, 0.15) is 9.30 Å². The summed E-state index contributed by atoms with van der Waals surface area (Å²) in [4.78, 5) is 14.0. The number of nitrogens with one attached hydrogen (secondary N) is 1.